The molecule has 1 fully saturated rings. The number of aliphatic imine (C=N–C) groups is 1. The topological polar surface area (TPSA) is 44.9 Å². The summed E-state index contributed by atoms with van der Waals surface area (Å²) < 4.78 is 2.40. The number of halogens is 1. The minimum absolute atomic E-state index is 0. The second-order valence-corrected chi connectivity index (χ2v) is 8.36. The lowest BCUT2D eigenvalue weighted by Gasteiger charge is -2.39. The third-order valence-electron chi connectivity index (χ3n) is 4.11. The Morgan fingerprint density at radius 3 is 2.88 bits per heavy atom. The normalized spacial score (nSPS) is 17.7. The van der Waals surface area contributed by atoms with Gasteiger partial charge in [0.25, 0.3) is 0 Å². The van der Waals surface area contributed by atoms with Gasteiger partial charge < -0.3 is 14.6 Å². The van der Waals surface area contributed by atoms with Crippen LogP contribution in [0, 0.1) is 6.92 Å². The Morgan fingerprint density at radius 2 is 2.21 bits per heavy atom. The molecule has 0 aromatic carbocycles. The van der Waals surface area contributed by atoms with Crippen LogP contribution in [-0.4, -0.2) is 50.9 Å². The number of hydrogen-bond donors (Lipinski definition) is 1. The highest BCUT2D eigenvalue weighted by Crippen LogP contribution is 2.29. The number of fused-ring (bicyclic) bond motifs is 1. The number of rotatable bonds is 2. The van der Waals surface area contributed by atoms with E-state index in [4.69, 9.17) is 0 Å². The maximum atomic E-state index is 4.68. The van der Waals surface area contributed by atoms with Crippen LogP contribution in [0.3, 0.4) is 0 Å². The van der Waals surface area contributed by atoms with Crippen molar-refractivity contribution >= 4 is 47.3 Å². The first-order chi connectivity index (χ1) is 11.0. The summed E-state index contributed by atoms with van der Waals surface area (Å²) in [5.74, 6) is 2.11. The standard InChI is InChI=1S/C17H25N5S.HI/c1-13-6-5-7-15-20-14(11-22(13)15)10-19-16(18-4)21-8-9-23-17(2,3)12-21;/h5-7,11H,8-10,12H2,1-4H3,(H,18,19);1H. The van der Waals surface area contributed by atoms with Crippen LogP contribution in [0.4, 0.5) is 0 Å². The minimum Gasteiger partial charge on any atom is -0.351 e. The molecule has 2 aromatic heterocycles. The molecular weight excluding hydrogens is 433 g/mol. The number of imidazole rings is 1. The molecule has 3 rings (SSSR count). The molecule has 1 N–H and O–H groups in total. The van der Waals surface area contributed by atoms with E-state index in [9.17, 15) is 0 Å². The van der Waals surface area contributed by atoms with Gasteiger partial charge in [-0.2, -0.15) is 11.8 Å². The van der Waals surface area contributed by atoms with Crippen LogP contribution in [0.5, 0.6) is 0 Å². The number of nitrogens with zero attached hydrogens (tertiary/aromatic N) is 4. The second kappa shape index (κ2) is 7.95. The molecule has 0 atom stereocenters. The molecule has 0 saturated carbocycles. The summed E-state index contributed by atoms with van der Waals surface area (Å²) in [7, 11) is 1.85. The molecule has 0 amide bonds. The Kier molecular flexibility index (Phi) is 6.41. The summed E-state index contributed by atoms with van der Waals surface area (Å²) in [6.07, 6.45) is 2.10. The van der Waals surface area contributed by atoms with E-state index in [0.29, 0.717) is 6.54 Å². The summed E-state index contributed by atoms with van der Waals surface area (Å²) in [5, 5.41) is 3.46. The van der Waals surface area contributed by atoms with Gasteiger partial charge in [-0.15, -0.1) is 24.0 Å². The number of nitrogens with one attached hydrogen (secondary N) is 1. The maximum absolute atomic E-state index is 4.68. The van der Waals surface area contributed by atoms with Crippen LogP contribution in [0.2, 0.25) is 0 Å². The molecule has 1 aliphatic heterocycles. The van der Waals surface area contributed by atoms with Crippen molar-refractivity contribution in [2.45, 2.75) is 32.1 Å². The van der Waals surface area contributed by atoms with E-state index in [2.05, 4.69) is 57.6 Å². The molecule has 5 nitrogen and oxygen atoms in total. The summed E-state index contributed by atoms with van der Waals surface area (Å²) in [6, 6.07) is 6.18. The SMILES string of the molecule is CN=C(NCc1cn2c(C)cccc2n1)N1CCSC(C)(C)C1.I. The van der Waals surface area contributed by atoms with Gasteiger partial charge in [-0.05, 0) is 32.9 Å². The third-order valence-corrected chi connectivity index (χ3v) is 5.41. The van der Waals surface area contributed by atoms with Gasteiger partial charge in [0.1, 0.15) is 5.65 Å². The molecule has 0 spiro atoms. The molecule has 2 aromatic rings. The van der Waals surface area contributed by atoms with Crippen molar-refractivity contribution in [1.82, 2.24) is 19.6 Å². The van der Waals surface area contributed by atoms with Crippen molar-refractivity contribution in [2.75, 3.05) is 25.9 Å². The number of aryl methyl sites for hydroxylation is 1. The fourth-order valence-electron chi connectivity index (χ4n) is 2.98. The molecule has 132 valence electrons. The van der Waals surface area contributed by atoms with Gasteiger partial charge in [0, 0.05) is 42.5 Å². The number of thioether (sulfide) groups is 1. The largest absolute Gasteiger partial charge is 0.351 e. The highest BCUT2D eigenvalue weighted by molar-refractivity contribution is 14.0. The van der Waals surface area contributed by atoms with Gasteiger partial charge in [-0.25, -0.2) is 4.98 Å². The first-order valence-electron chi connectivity index (χ1n) is 8.02. The summed E-state index contributed by atoms with van der Waals surface area (Å²) in [6.45, 7) is 9.43. The Bertz CT molecular complexity index is 725. The van der Waals surface area contributed by atoms with Crippen molar-refractivity contribution in [3.63, 3.8) is 0 Å². The van der Waals surface area contributed by atoms with Gasteiger partial charge in [-0.1, -0.05) is 6.07 Å². The van der Waals surface area contributed by atoms with E-state index in [-0.39, 0.29) is 28.7 Å². The lowest BCUT2D eigenvalue weighted by Crippen LogP contribution is -2.50. The number of pyridine rings is 1. The van der Waals surface area contributed by atoms with Crippen LogP contribution in [0.1, 0.15) is 25.2 Å². The first kappa shape index (κ1) is 19.4. The molecule has 7 heteroatoms. The molecule has 24 heavy (non-hydrogen) atoms. The second-order valence-electron chi connectivity index (χ2n) is 6.56. The van der Waals surface area contributed by atoms with Crippen LogP contribution >= 0.6 is 35.7 Å². The fourth-order valence-corrected chi connectivity index (χ4v) is 4.09. The van der Waals surface area contributed by atoms with Crippen LogP contribution in [0.25, 0.3) is 5.65 Å². The molecule has 0 bridgehead atoms. The molecular formula is C17H26IN5S. The van der Waals surface area contributed by atoms with E-state index in [1.165, 1.54) is 5.69 Å². The van der Waals surface area contributed by atoms with Crippen molar-refractivity contribution < 1.29 is 0 Å². The Labute approximate surface area is 165 Å². The number of aromatic nitrogens is 2. The Hall–Kier alpha value is -0.960. The fraction of sp³-hybridized carbons (Fsp3) is 0.529. The Balaban J connectivity index is 0.00000208. The monoisotopic (exact) mass is 459 g/mol. The summed E-state index contributed by atoms with van der Waals surface area (Å²) in [5.41, 5.74) is 3.22. The minimum atomic E-state index is 0. The lowest BCUT2D eigenvalue weighted by molar-refractivity contribution is 0.375. The molecule has 3 heterocycles. The average molecular weight is 459 g/mol. The predicted molar refractivity (Wildman–Crippen MR) is 114 cm³/mol. The zero-order valence-electron chi connectivity index (χ0n) is 14.7. The van der Waals surface area contributed by atoms with Crippen molar-refractivity contribution in [1.29, 1.82) is 0 Å². The highest BCUT2D eigenvalue weighted by Gasteiger charge is 2.28. The quantitative estimate of drug-likeness (QED) is 0.426. The van der Waals surface area contributed by atoms with Gasteiger partial charge >= 0.3 is 0 Å². The van der Waals surface area contributed by atoms with Gasteiger partial charge in [0.15, 0.2) is 5.96 Å². The van der Waals surface area contributed by atoms with E-state index < -0.39 is 0 Å². The maximum Gasteiger partial charge on any atom is 0.194 e. The number of guanidine groups is 1. The highest BCUT2D eigenvalue weighted by atomic mass is 127. The molecule has 1 aliphatic rings. The van der Waals surface area contributed by atoms with E-state index in [1.54, 1.807) is 0 Å². The van der Waals surface area contributed by atoms with Crippen molar-refractivity contribution in [3.05, 3.63) is 35.8 Å². The summed E-state index contributed by atoms with van der Waals surface area (Å²) in [4.78, 5) is 11.5. The Morgan fingerprint density at radius 1 is 1.42 bits per heavy atom. The smallest absolute Gasteiger partial charge is 0.194 e. The predicted octanol–water partition coefficient (Wildman–Crippen LogP) is 3.16. The van der Waals surface area contributed by atoms with Crippen molar-refractivity contribution in [2.24, 2.45) is 4.99 Å². The van der Waals surface area contributed by atoms with E-state index in [0.717, 1.165) is 36.1 Å². The molecule has 0 aliphatic carbocycles. The molecule has 0 radical (unpaired) electrons. The number of hydrogen-bond acceptors (Lipinski definition) is 3. The molecule has 1 saturated heterocycles. The average Bonchev–Trinajstić information content (AvgIpc) is 2.91. The first-order valence-corrected chi connectivity index (χ1v) is 9.00. The summed E-state index contributed by atoms with van der Waals surface area (Å²) >= 11 is 2.03. The zero-order valence-corrected chi connectivity index (χ0v) is 17.9. The van der Waals surface area contributed by atoms with Gasteiger partial charge in [0.05, 0.1) is 12.2 Å². The van der Waals surface area contributed by atoms with E-state index >= 15 is 0 Å². The molecule has 0 unspecified atom stereocenters. The van der Waals surface area contributed by atoms with E-state index in [1.807, 2.05) is 30.9 Å². The third kappa shape index (κ3) is 4.36. The van der Waals surface area contributed by atoms with Gasteiger partial charge in [0.2, 0.25) is 0 Å². The zero-order chi connectivity index (χ0) is 16.4. The van der Waals surface area contributed by atoms with Crippen LogP contribution in [0.15, 0.2) is 29.4 Å². The van der Waals surface area contributed by atoms with Crippen LogP contribution < -0.4 is 5.32 Å². The van der Waals surface area contributed by atoms with Crippen molar-refractivity contribution in [3.8, 4) is 0 Å². The lowest BCUT2D eigenvalue weighted by atomic mass is 10.2. The van der Waals surface area contributed by atoms with Gasteiger partial charge in [-0.3, -0.25) is 4.99 Å². The van der Waals surface area contributed by atoms with Crippen LogP contribution in [-0.2, 0) is 6.54 Å².